The number of anilines is 1. The van der Waals surface area contributed by atoms with Gasteiger partial charge in [0.25, 0.3) is 0 Å². The minimum absolute atomic E-state index is 0.183. The summed E-state index contributed by atoms with van der Waals surface area (Å²) < 4.78 is 24.7. The van der Waals surface area contributed by atoms with Gasteiger partial charge in [0.05, 0.1) is 13.2 Å². The predicted octanol–water partition coefficient (Wildman–Crippen LogP) is 3.60. The highest BCUT2D eigenvalue weighted by atomic mass is 79.9. The van der Waals surface area contributed by atoms with Gasteiger partial charge in [-0.05, 0) is 26.0 Å². The molecule has 0 atom stereocenters. The molecule has 0 heterocycles. The minimum atomic E-state index is -0.183. The summed E-state index contributed by atoms with van der Waals surface area (Å²) in [6.45, 7) is 8.02. The Hall–Kier alpha value is -0.650. The molecule has 0 bridgehead atoms. The monoisotopic (exact) mass is 347 g/mol. The molecule has 0 aliphatic heterocycles. The van der Waals surface area contributed by atoms with Crippen molar-refractivity contribution in [2.24, 2.45) is 0 Å². The zero-order valence-electron chi connectivity index (χ0n) is 12.2. The van der Waals surface area contributed by atoms with E-state index in [9.17, 15) is 4.39 Å². The number of hydrogen-bond donors (Lipinski definition) is 0. The summed E-state index contributed by atoms with van der Waals surface area (Å²) in [5, 5.41) is 0.495. The number of hydrogen-bond acceptors (Lipinski definition) is 3. The molecule has 20 heavy (non-hydrogen) atoms. The van der Waals surface area contributed by atoms with Crippen LogP contribution in [-0.4, -0.2) is 39.5 Å². The van der Waals surface area contributed by atoms with Gasteiger partial charge in [-0.15, -0.1) is 0 Å². The molecule has 3 nitrogen and oxygen atoms in total. The van der Waals surface area contributed by atoms with Gasteiger partial charge in [0, 0.05) is 42.9 Å². The molecule has 0 fully saturated rings. The van der Waals surface area contributed by atoms with E-state index in [1.54, 1.807) is 6.07 Å². The zero-order chi connectivity index (χ0) is 14.8. The van der Waals surface area contributed by atoms with Crippen molar-refractivity contribution in [1.82, 2.24) is 0 Å². The molecule has 0 spiro atoms. The van der Waals surface area contributed by atoms with Crippen LogP contribution in [0.15, 0.2) is 18.2 Å². The highest BCUT2D eigenvalue weighted by Crippen LogP contribution is 2.25. The fourth-order valence-electron chi connectivity index (χ4n) is 1.97. The Morgan fingerprint density at radius 2 is 1.70 bits per heavy atom. The first-order valence-corrected chi connectivity index (χ1v) is 8.10. The largest absolute Gasteiger partial charge is 0.380 e. The Balaban J connectivity index is 2.81. The number of ether oxygens (including phenoxy) is 2. The molecule has 0 aliphatic carbocycles. The normalized spacial score (nSPS) is 10.8. The van der Waals surface area contributed by atoms with Gasteiger partial charge in [-0.3, -0.25) is 0 Å². The quantitative estimate of drug-likeness (QED) is 0.476. The van der Waals surface area contributed by atoms with Crippen LogP contribution in [0.2, 0.25) is 0 Å². The molecule has 1 aromatic carbocycles. The molecule has 0 aromatic heterocycles. The van der Waals surface area contributed by atoms with E-state index in [0.29, 0.717) is 37.3 Å². The average molecular weight is 348 g/mol. The molecule has 5 heteroatoms. The molecule has 0 saturated heterocycles. The first kappa shape index (κ1) is 17.4. The summed E-state index contributed by atoms with van der Waals surface area (Å²) in [7, 11) is 0. The van der Waals surface area contributed by atoms with Gasteiger partial charge in [0.1, 0.15) is 5.82 Å². The Kier molecular flexibility index (Phi) is 8.82. The lowest BCUT2D eigenvalue weighted by molar-refractivity contribution is 0.141. The lowest BCUT2D eigenvalue weighted by atomic mass is 10.1. The minimum Gasteiger partial charge on any atom is -0.380 e. The second-order valence-electron chi connectivity index (χ2n) is 4.25. The topological polar surface area (TPSA) is 21.7 Å². The fourth-order valence-corrected chi connectivity index (χ4v) is 2.52. The van der Waals surface area contributed by atoms with Crippen molar-refractivity contribution in [2.45, 2.75) is 19.2 Å². The lowest BCUT2D eigenvalue weighted by Crippen LogP contribution is -2.32. The van der Waals surface area contributed by atoms with Crippen LogP contribution in [0.25, 0.3) is 0 Å². The number of alkyl halides is 1. The summed E-state index contributed by atoms with van der Waals surface area (Å²) in [4.78, 5) is 2.12. The Morgan fingerprint density at radius 3 is 2.20 bits per heavy atom. The zero-order valence-corrected chi connectivity index (χ0v) is 13.8. The maximum absolute atomic E-state index is 13.9. The molecule has 114 valence electrons. The van der Waals surface area contributed by atoms with Gasteiger partial charge in [-0.1, -0.05) is 22.0 Å². The Morgan fingerprint density at radius 1 is 1.10 bits per heavy atom. The van der Waals surface area contributed by atoms with Gasteiger partial charge >= 0.3 is 0 Å². The van der Waals surface area contributed by atoms with E-state index >= 15 is 0 Å². The second kappa shape index (κ2) is 10.1. The summed E-state index contributed by atoms with van der Waals surface area (Å²) in [5.41, 5.74) is 1.58. The number of benzene rings is 1. The van der Waals surface area contributed by atoms with Crippen LogP contribution in [-0.2, 0) is 14.8 Å². The van der Waals surface area contributed by atoms with Crippen molar-refractivity contribution in [1.29, 1.82) is 0 Å². The van der Waals surface area contributed by atoms with E-state index in [1.165, 1.54) is 6.07 Å². The molecule has 0 radical (unpaired) electrons. The maximum Gasteiger partial charge on any atom is 0.129 e. The third-order valence-electron chi connectivity index (χ3n) is 2.99. The molecule has 0 N–H and O–H groups in total. The maximum atomic E-state index is 13.9. The third kappa shape index (κ3) is 5.38. The highest BCUT2D eigenvalue weighted by Gasteiger charge is 2.13. The second-order valence-corrected chi connectivity index (χ2v) is 4.81. The predicted molar refractivity (Wildman–Crippen MR) is 84.2 cm³/mol. The number of rotatable bonds is 10. The Labute approximate surface area is 129 Å². The van der Waals surface area contributed by atoms with E-state index < -0.39 is 0 Å². The van der Waals surface area contributed by atoms with E-state index in [0.717, 1.165) is 18.8 Å². The van der Waals surface area contributed by atoms with Crippen LogP contribution >= 0.6 is 15.9 Å². The van der Waals surface area contributed by atoms with Crippen molar-refractivity contribution in [3.8, 4) is 0 Å². The lowest BCUT2D eigenvalue weighted by Gasteiger charge is -2.27. The van der Waals surface area contributed by atoms with Crippen LogP contribution in [0.3, 0.4) is 0 Å². The average Bonchev–Trinajstić information content (AvgIpc) is 2.46. The molecule has 1 rings (SSSR count). The smallest absolute Gasteiger partial charge is 0.129 e. The van der Waals surface area contributed by atoms with Crippen LogP contribution < -0.4 is 4.90 Å². The van der Waals surface area contributed by atoms with Crippen LogP contribution in [0.1, 0.15) is 19.4 Å². The molecule has 0 aliphatic rings. The highest BCUT2D eigenvalue weighted by molar-refractivity contribution is 9.08. The van der Waals surface area contributed by atoms with Crippen molar-refractivity contribution in [3.05, 3.63) is 29.6 Å². The molecular weight excluding hydrogens is 325 g/mol. The summed E-state index contributed by atoms with van der Waals surface area (Å²) in [6, 6.07) is 5.17. The van der Waals surface area contributed by atoms with Gasteiger partial charge in [0.2, 0.25) is 0 Å². The summed E-state index contributed by atoms with van der Waals surface area (Å²) >= 11 is 3.36. The number of halogens is 2. The van der Waals surface area contributed by atoms with E-state index in [4.69, 9.17) is 9.47 Å². The van der Waals surface area contributed by atoms with Crippen molar-refractivity contribution in [2.75, 3.05) is 44.4 Å². The SMILES string of the molecule is CCOCCN(CCOCC)c1cccc(F)c1CBr. The van der Waals surface area contributed by atoms with Gasteiger partial charge in [-0.25, -0.2) is 4.39 Å². The van der Waals surface area contributed by atoms with Crippen LogP contribution in [0.5, 0.6) is 0 Å². The summed E-state index contributed by atoms with van der Waals surface area (Å²) in [5.74, 6) is -0.183. The summed E-state index contributed by atoms with van der Waals surface area (Å²) in [6.07, 6.45) is 0. The molecule has 0 saturated carbocycles. The molecule has 0 unspecified atom stereocenters. The molecular formula is C15H23BrFNO2. The van der Waals surface area contributed by atoms with Crippen LogP contribution in [0, 0.1) is 5.82 Å². The van der Waals surface area contributed by atoms with Crippen molar-refractivity contribution < 1.29 is 13.9 Å². The van der Waals surface area contributed by atoms with E-state index in [2.05, 4.69) is 20.8 Å². The van der Waals surface area contributed by atoms with Crippen molar-refractivity contribution >= 4 is 21.6 Å². The standard InChI is InChI=1S/C15H23BrFNO2/c1-3-19-10-8-18(9-11-20-4-2)15-7-5-6-14(17)13(15)12-16/h5-7H,3-4,8-12H2,1-2H3. The fraction of sp³-hybridized carbons (Fsp3) is 0.600. The first-order chi connectivity index (χ1) is 9.74. The third-order valence-corrected chi connectivity index (χ3v) is 3.55. The van der Waals surface area contributed by atoms with E-state index in [1.807, 2.05) is 19.9 Å². The first-order valence-electron chi connectivity index (χ1n) is 6.98. The molecule has 0 amide bonds. The van der Waals surface area contributed by atoms with E-state index in [-0.39, 0.29) is 5.82 Å². The Bertz CT molecular complexity index is 380. The van der Waals surface area contributed by atoms with Gasteiger partial charge in [-0.2, -0.15) is 0 Å². The van der Waals surface area contributed by atoms with Gasteiger partial charge in [0.15, 0.2) is 0 Å². The molecule has 1 aromatic rings. The van der Waals surface area contributed by atoms with Crippen LogP contribution in [0.4, 0.5) is 10.1 Å². The van der Waals surface area contributed by atoms with Gasteiger partial charge < -0.3 is 14.4 Å². The van der Waals surface area contributed by atoms with Crippen molar-refractivity contribution in [3.63, 3.8) is 0 Å². The number of nitrogens with zero attached hydrogens (tertiary/aromatic N) is 1.